The van der Waals surface area contributed by atoms with Gasteiger partial charge in [-0.3, -0.25) is 9.69 Å². The van der Waals surface area contributed by atoms with E-state index in [-0.39, 0.29) is 30.2 Å². The Morgan fingerprint density at radius 1 is 1.17 bits per heavy atom. The van der Waals surface area contributed by atoms with Gasteiger partial charge in [0.25, 0.3) is 0 Å². The van der Waals surface area contributed by atoms with E-state index in [9.17, 15) is 31.5 Å². The van der Waals surface area contributed by atoms with E-state index in [0.29, 0.717) is 41.7 Å². The molecule has 1 aromatic heterocycles. The van der Waals surface area contributed by atoms with Gasteiger partial charge in [-0.15, -0.1) is 0 Å². The number of nitrogens with zero attached hydrogens (tertiary/aromatic N) is 6. The standard InChI is InChI=1S/C31H39F5N8O3/c1-5-26(45)38-22-15-23(25(47-6-2)16-24(22)42-13-11-41(4)12-14-42)39-28-37-17-20-18-43(19(3)31(34,35)36)29(46)44(27(20)40-28)21-7-9-30(32,33)10-8-21/h5,15-17,19,21H,1,6-14,18H2,2-4H3,(H,38,45)(H,37,39,40)/t19-/m0/s1. The average molecular weight is 667 g/mol. The van der Waals surface area contributed by atoms with Crippen LogP contribution in [-0.2, 0) is 11.3 Å². The fourth-order valence-corrected chi connectivity index (χ4v) is 6.00. The largest absolute Gasteiger partial charge is 0.492 e. The Labute approximate surface area is 269 Å². The lowest BCUT2D eigenvalue weighted by atomic mass is 9.90. The second-order valence-electron chi connectivity index (χ2n) is 12.0. The summed E-state index contributed by atoms with van der Waals surface area (Å²) in [7, 11) is 2.03. The molecule has 1 aromatic carbocycles. The second-order valence-corrected chi connectivity index (χ2v) is 12.0. The molecule has 2 fully saturated rings. The van der Waals surface area contributed by atoms with Crippen molar-refractivity contribution in [1.29, 1.82) is 0 Å². The molecule has 11 nitrogen and oxygen atoms in total. The summed E-state index contributed by atoms with van der Waals surface area (Å²) in [5, 5.41) is 5.93. The second kappa shape index (κ2) is 13.5. The van der Waals surface area contributed by atoms with E-state index >= 15 is 0 Å². The van der Waals surface area contributed by atoms with Crippen LogP contribution in [0.5, 0.6) is 5.75 Å². The maximum atomic E-state index is 14.1. The molecule has 0 unspecified atom stereocenters. The third-order valence-electron chi connectivity index (χ3n) is 8.79. The van der Waals surface area contributed by atoms with Gasteiger partial charge in [-0.25, -0.2) is 18.6 Å². The van der Waals surface area contributed by atoms with E-state index in [1.165, 1.54) is 6.20 Å². The molecule has 2 N–H and O–H groups in total. The summed E-state index contributed by atoms with van der Waals surface area (Å²) in [4.78, 5) is 41.0. The van der Waals surface area contributed by atoms with Gasteiger partial charge in [0.1, 0.15) is 17.6 Å². The molecule has 2 aliphatic heterocycles. The highest BCUT2D eigenvalue weighted by atomic mass is 19.4. The number of fused-ring (bicyclic) bond motifs is 1. The Hall–Kier alpha value is -4.21. The number of aromatic nitrogens is 2. The van der Waals surface area contributed by atoms with E-state index in [2.05, 4.69) is 37.0 Å². The molecule has 0 bridgehead atoms. The minimum absolute atomic E-state index is 0.00527. The summed E-state index contributed by atoms with van der Waals surface area (Å²) >= 11 is 0. The number of anilines is 5. The van der Waals surface area contributed by atoms with E-state index in [1.807, 2.05) is 14.0 Å². The number of urea groups is 1. The molecular weight excluding hydrogens is 627 g/mol. The summed E-state index contributed by atoms with van der Waals surface area (Å²) < 4.78 is 75.3. The van der Waals surface area contributed by atoms with Crippen LogP contribution in [0, 0.1) is 0 Å². The van der Waals surface area contributed by atoms with Crippen molar-refractivity contribution in [2.24, 2.45) is 0 Å². The number of ether oxygens (including phenoxy) is 1. The molecule has 3 aliphatic rings. The van der Waals surface area contributed by atoms with E-state index in [1.54, 1.807) is 12.1 Å². The zero-order chi connectivity index (χ0) is 34.1. The number of hydrogen-bond donors (Lipinski definition) is 2. The van der Waals surface area contributed by atoms with Crippen LogP contribution in [0.4, 0.5) is 55.6 Å². The number of rotatable bonds is 9. The molecule has 1 aliphatic carbocycles. The number of benzene rings is 1. The summed E-state index contributed by atoms with van der Waals surface area (Å²) in [5.41, 5.74) is 1.83. The van der Waals surface area contributed by atoms with Crippen molar-refractivity contribution in [2.45, 2.75) is 70.3 Å². The van der Waals surface area contributed by atoms with Crippen LogP contribution in [0.15, 0.2) is 31.0 Å². The van der Waals surface area contributed by atoms with Gasteiger partial charge in [-0.1, -0.05) is 6.58 Å². The predicted octanol–water partition coefficient (Wildman–Crippen LogP) is 5.77. The van der Waals surface area contributed by atoms with Gasteiger partial charge in [0, 0.05) is 62.9 Å². The van der Waals surface area contributed by atoms with Crippen molar-refractivity contribution < 1.29 is 36.3 Å². The smallest absolute Gasteiger partial charge is 0.408 e. The van der Waals surface area contributed by atoms with Crippen LogP contribution in [0.2, 0.25) is 0 Å². The Kier molecular flexibility index (Phi) is 9.80. The Bertz CT molecular complexity index is 1490. The molecule has 1 atom stereocenters. The molecule has 0 spiro atoms. The number of likely N-dealkylation sites (N-methyl/N-ethyl adjacent to an activating group) is 1. The lowest BCUT2D eigenvalue weighted by molar-refractivity contribution is -0.172. The molecule has 256 valence electrons. The molecule has 0 radical (unpaired) electrons. The number of hydrogen-bond acceptors (Lipinski definition) is 8. The first-order chi connectivity index (χ1) is 22.2. The minimum Gasteiger partial charge on any atom is -0.492 e. The fraction of sp³-hybridized carbons (Fsp3) is 0.548. The number of alkyl halides is 5. The van der Waals surface area contributed by atoms with Crippen molar-refractivity contribution in [3.63, 3.8) is 0 Å². The van der Waals surface area contributed by atoms with Crippen molar-refractivity contribution in [1.82, 2.24) is 19.8 Å². The maximum Gasteiger partial charge on any atom is 0.408 e. The van der Waals surface area contributed by atoms with Gasteiger partial charge >= 0.3 is 12.2 Å². The van der Waals surface area contributed by atoms with Crippen molar-refractivity contribution in [3.8, 4) is 5.75 Å². The first-order valence-electron chi connectivity index (χ1n) is 15.6. The summed E-state index contributed by atoms with van der Waals surface area (Å²) in [6.07, 6.45) is -3.43. The van der Waals surface area contributed by atoms with Gasteiger partial charge in [0.15, 0.2) is 0 Å². The molecule has 3 amide bonds. The molecule has 3 heterocycles. The monoisotopic (exact) mass is 666 g/mol. The Morgan fingerprint density at radius 3 is 2.47 bits per heavy atom. The van der Waals surface area contributed by atoms with Crippen LogP contribution in [-0.4, -0.2) is 95.7 Å². The molecule has 16 heteroatoms. The molecule has 1 saturated heterocycles. The van der Waals surface area contributed by atoms with E-state index < -0.39 is 55.5 Å². The highest BCUT2D eigenvalue weighted by molar-refractivity contribution is 6.02. The van der Waals surface area contributed by atoms with Gasteiger partial charge in [-0.05, 0) is 45.9 Å². The van der Waals surface area contributed by atoms with Crippen molar-refractivity contribution in [2.75, 3.05) is 60.3 Å². The number of carbonyl (C=O) groups is 2. The quantitative estimate of drug-likeness (QED) is 0.257. The Balaban J connectivity index is 1.53. The molecule has 5 rings (SSSR count). The molecule has 47 heavy (non-hydrogen) atoms. The van der Waals surface area contributed by atoms with Gasteiger partial charge < -0.3 is 30.1 Å². The fourth-order valence-electron chi connectivity index (χ4n) is 6.00. The average Bonchev–Trinajstić information content (AvgIpc) is 3.02. The SMILES string of the molecule is C=CC(=O)Nc1cc(Nc2ncc3c(n2)N(C2CCC(F)(F)CC2)C(=O)N([C@@H](C)C(F)(F)F)C3)c(OCC)cc1N1CCN(C)CC1. The van der Waals surface area contributed by atoms with E-state index in [4.69, 9.17) is 4.74 Å². The number of amides is 3. The first-order valence-corrected chi connectivity index (χ1v) is 15.6. The third kappa shape index (κ3) is 7.52. The van der Waals surface area contributed by atoms with E-state index in [0.717, 1.165) is 36.7 Å². The lowest BCUT2D eigenvalue weighted by Crippen LogP contribution is -2.58. The topological polar surface area (TPSA) is 106 Å². The van der Waals surface area contributed by atoms with Crippen LogP contribution in [0.25, 0.3) is 0 Å². The van der Waals surface area contributed by atoms with Crippen LogP contribution in [0.3, 0.4) is 0 Å². The van der Waals surface area contributed by atoms with Gasteiger partial charge in [-0.2, -0.15) is 18.2 Å². The number of halogens is 5. The summed E-state index contributed by atoms with van der Waals surface area (Å²) in [5.74, 6) is -2.87. The van der Waals surface area contributed by atoms with Gasteiger partial charge in [0.05, 0.1) is 30.2 Å². The number of piperazine rings is 1. The molecular formula is C31H39F5N8O3. The third-order valence-corrected chi connectivity index (χ3v) is 8.79. The summed E-state index contributed by atoms with van der Waals surface area (Å²) in [6, 6.07) is -0.396. The minimum atomic E-state index is -4.70. The lowest BCUT2D eigenvalue weighted by Gasteiger charge is -2.44. The normalized spacial score (nSPS) is 19.7. The van der Waals surface area contributed by atoms with Crippen molar-refractivity contribution >= 4 is 40.8 Å². The van der Waals surface area contributed by atoms with Crippen LogP contribution >= 0.6 is 0 Å². The van der Waals surface area contributed by atoms with Gasteiger partial charge in [0.2, 0.25) is 17.8 Å². The van der Waals surface area contributed by atoms with Crippen molar-refractivity contribution in [3.05, 3.63) is 36.5 Å². The number of carbonyl (C=O) groups excluding carboxylic acids is 2. The summed E-state index contributed by atoms with van der Waals surface area (Å²) in [6.45, 7) is 9.19. The maximum absolute atomic E-state index is 14.1. The zero-order valence-corrected chi connectivity index (χ0v) is 26.5. The first kappa shape index (κ1) is 34.1. The predicted molar refractivity (Wildman–Crippen MR) is 168 cm³/mol. The highest BCUT2D eigenvalue weighted by Crippen LogP contribution is 2.42. The van der Waals surface area contributed by atoms with Crippen LogP contribution < -0.4 is 25.2 Å². The number of nitrogens with one attached hydrogen (secondary N) is 2. The Morgan fingerprint density at radius 2 is 1.85 bits per heavy atom. The zero-order valence-electron chi connectivity index (χ0n) is 26.5. The molecule has 1 saturated carbocycles. The molecule has 2 aromatic rings. The highest BCUT2D eigenvalue weighted by Gasteiger charge is 2.48. The van der Waals surface area contributed by atoms with Crippen LogP contribution in [0.1, 0.15) is 45.1 Å².